The van der Waals surface area contributed by atoms with Crippen LogP contribution in [0.5, 0.6) is 0 Å². The Morgan fingerprint density at radius 1 is 1.26 bits per heavy atom. The highest BCUT2D eigenvalue weighted by Crippen LogP contribution is 2.35. The summed E-state index contributed by atoms with van der Waals surface area (Å²) in [6.45, 7) is 1.85. The predicted molar refractivity (Wildman–Crippen MR) is 76.4 cm³/mol. The molecule has 0 amide bonds. The molecule has 0 atom stereocenters. The Morgan fingerprint density at radius 2 is 1.84 bits per heavy atom. The van der Waals surface area contributed by atoms with E-state index >= 15 is 0 Å². The normalized spacial score (nSPS) is 18.5. The summed E-state index contributed by atoms with van der Waals surface area (Å²) in [6.07, 6.45) is 7.18. The van der Waals surface area contributed by atoms with E-state index in [2.05, 4.69) is 5.10 Å². The fourth-order valence-corrected chi connectivity index (χ4v) is 4.62. The van der Waals surface area contributed by atoms with E-state index in [0.29, 0.717) is 12.1 Å². The van der Waals surface area contributed by atoms with E-state index in [1.165, 1.54) is 12.8 Å². The van der Waals surface area contributed by atoms with Crippen molar-refractivity contribution in [1.82, 2.24) is 9.78 Å². The van der Waals surface area contributed by atoms with Crippen molar-refractivity contribution in [2.24, 2.45) is 0 Å². The van der Waals surface area contributed by atoms with E-state index in [1.54, 1.807) is 4.68 Å². The molecule has 0 spiro atoms. The molecule has 0 N–H and O–H groups in total. The van der Waals surface area contributed by atoms with E-state index in [4.69, 9.17) is 22.3 Å². The van der Waals surface area contributed by atoms with Crippen molar-refractivity contribution in [3.8, 4) is 0 Å². The summed E-state index contributed by atoms with van der Waals surface area (Å²) in [5, 5.41) is 4.55. The number of nitrogens with zero attached hydrogens (tertiary/aromatic N) is 2. The van der Waals surface area contributed by atoms with Crippen molar-refractivity contribution < 1.29 is 8.42 Å². The molecule has 108 valence electrons. The second-order valence-corrected chi connectivity index (χ2v) is 7.81. The number of hydrogen-bond acceptors (Lipinski definition) is 3. The summed E-state index contributed by atoms with van der Waals surface area (Å²) < 4.78 is 24.9. The number of aromatic nitrogens is 2. The van der Waals surface area contributed by atoms with E-state index in [-0.39, 0.29) is 16.1 Å². The van der Waals surface area contributed by atoms with Gasteiger partial charge in [-0.3, -0.25) is 0 Å². The van der Waals surface area contributed by atoms with Gasteiger partial charge in [0.05, 0.1) is 11.7 Å². The van der Waals surface area contributed by atoms with Crippen molar-refractivity contribution >= 4 is 31.3 Å². The lowest BCUT2D eigenvalue weighted by molar-refractivity contribution is 0.403. The summed E-state index contributed by atoms with van der Waals surface area (Å²) >= 11 is 6.22. The molecule has 7 heteroatoms. The van der Waals surface area contributed by atoms with Crippen LogP contribution in [0.4, 0.5) is 0 Å². The molecule has 0 aromatic carbocycles. The van der Waals surface area contributed by atoms with Gasteiger partial charge in [-0.25, -0.2) is 13.1 Å². The topological polar surface area (TPSA) is 52.0 Å². The Balaban J connectivity index is 2.44. The molecule has 0 radical (unpaired) electrons. The van der Waals surface area contributed by atoms with Crippen LogP contribution in [0.25, 0.3) is 0 Å². The monoisotopic (exact) mass is 324 g/mol. The maximum atomic E-state index is 11.6. The van der Waals surface area contributed by atoms with Gasteiger partial charge in [0.15, 0.2) is 0 Å². The Bertz CT molecular complexity index is 546. The van der Waals surface area contributed by atoms with Crippen molar-refractivity contribution in [3.05, 3.63) is 10.8 Å². The zero-order valence-corrected chi connectivity index (χ0v) is 13.2. The first-order valence-electron chi connectivity index (χ1n) is 6.66. The summed E-state index contributed by atoms with van der Waals surface area (Å²) in [4.78, 5) is -0.0115. The molecular weight excluding hydrogens is 307 g/mol. The fraction of sp³-hybridized carbons (Fsp3) is 0.750. The molecule has 1 aromatic heterocycles. The number of hydrogen-bond donors (Lipinski definition) is 0. The molecule has 1 saturated carbocycles. The van der Waals surface area contributed by atoms with Crippen molar-refractivity contribution in [3.63, 3.8) is 0 Å². The standard InChI is InChI=1S/C12H18Cl2N2O2S/c1-2-10-11(19(14,17)18)12(13)16(15-10)9-7-5-3-4-6-8-9/h9H,2-8H2,1H3. The van der Waals surface area contributed by atoms with Crippen molar-refractivity contribution in [2.45, 2.75) is 62.8 Å². The average molecular weight is 325 g/mol. The van der Waals surface area contributed by atoms with Gasteiger partial charge in [0.2, 0.25) is 0 Å². The zero-order chi connectivity index (χ0) is 14.0. The number of rotatable bonds is 3. The molecule has 0 aliphatic heterocycles. The molecule has 1 aliphatic rings. The van der Waals surface area contributed by atoms with Gasteiger partial charge < -0.3 is 0 Å². The van der Waals surface area contributed by atoms with Crippen LogP contribution in [-0.2, 0) is 15.5 Å². The highest BCUT2D eigenvalue weighted by Gasteiger charge is 2.28. The van der Waals surface area contributed by atoms with Crippen LogP contribution < -0.4 is 0 Å². The minimum Gasteiger partial charge on any atom is -0.249 e. The molecule has 0 bridgehead atoms. The third kappa shape index (κ3) is 3.26. The van der Waals surface area contributed by atoms with Crippen LogP contribution in [0.3, 0.4) is 0 Å². The molecule has 0 unspecified atom stereocenters. The quantitative estimate of drug-likeness (QED) is 0.625. The molecular formula is C12H18Cl2N2O2S. The third-order valence-electron chi connectivity index (χ3n) is 3.63. The van der Waals surface area contributed by atoms with E-state index in [9.17, 15) is 8.42 Å². The summed E-state index contributed by atoms with van der Waals surface area (Å²) in [5.74, 6) is 0. The van der Waals surface area contributed by atoms with Crippen LogP contribution in [0.1, 0.15) is 57.2 Å². The first kappa shape index (κ1) is 15.1. The van der Waals surface area contributed by atoms with Crippen LogP contribution >= 0.6 is 22.3 Å². The van der Waals surface area contributed by atoms with Crippen LogP contribution in [-0.4, -0.2) is 18.2 Å². The van der Waals surface area contributed by atoms with Crippen LogP contribution in [0, 0.1) is 0 Å². The fourth-order valence-electron chi connectivity index (χ4n) is 2.66. The first-order chi connectivity index (χ1) is 8.95. The number of halogens is 2. The van der Waals surface area contributed by atoms with Gasteiger partial charge in [-0.15, -0.1) is 0 Å². The van der Waals surface area contributed by atoms with Gasteiger partial charge in [-0.2, -0.15) is 5.10 Å². The van der Waals surface area contributed by atoms with Crippen LogP contribution in [0.15, 0.2) is 4.90 Å². The summed E-state index contributed by atoms with van der Waals surface area (Å²) in [7, 11) is 1.62. The minimum absolute atomic E-state index is 0.0115. The van der Waals surface area contributed by atoms with E-state index in [1.807, 2.05) is 6.92 Å². The van der Waals surface area contributed by atoms with Gasteiger partial charge >= 0.3 is 0 Å². The predicted octanol–water partition coefficient (Wildman–Crippen LogP) is 3.92. The van der Waals surface area contributed by atoms with Crippen LogP contribution in [0.2, 0.25) is 5.15 Å². The second kappa shape index (κ2) is 6.02. The smallest absolute Gasteiger partial charge is 0.249 e. The molecule has 0 saturated heterocycles. The Labute approximate surface area is 123 Å². The van der Waals surface area contributed by atoms with Gasteiger partial charge in [-0.1, -0.05) is 44.2 Å². The molecule has 1 aromatic rings. The van der Waals surface area contributed by atoms with Gasteiger partial charge in [0, 0.05) is 10.7 Å². The van der Waals surface area contributed by atoms with E-state index < -0.39 is 9.05 Å². The summed E-state index contributed by atoms with van der Waals surface area (Å²) in [5.41, 5.74) is 0.462. The van der Waals surface area contributed by atoms with E-state index in [0.717, 1.165) is 25.7 Å². The maximum Gasteiger partial charge on any atom is 0.266 e. The maximum absolute atomic E-state index is 11.6. The first-order valence-corrected chi connectivity index (χ1v) is 9.35. The molecule has 4 nitrogen and oxygen atoms in total. The second-order valence-electron chi connectivity index (χ2n) is 4.95. The SMILES string of the molecule is CCc1nn(C2CCCCCC2)c(Cl)c1S(=O)(=O)Cl. The molecule has 1 heterocycles. The largest absolute Gasteiger partial charge is 0.266 e. The molecule has 1 aliphatic carbocycles. The molecule has 1 fully saturated rings. The molecule has 2 rings (SSSR count). The van der Waals surface area contributed by atoms with Crippen molar-refractivity contribution in [1.29, 1.82) is 0 Å². The summed E-state index contributed by atoms with van der Waals surface area (Å²) in [6, 6.07) is 0.187. The third-order valence-corrected chi connectivity index (χ3v) is 5.48. The highest BCUT2D eigenvalue weighted by molar-refractivity contribution is 8.13. The van der Waals surface area contributed by atoms with Gasteiger partial charge in [0.25, 0.3) is 9.05 Å². The van der Waals surface area contributed by atoms with Gasteiger partial charge in [-0.05, 0) is 19.3 Å². The zero-order valence-electron chi connectivity index (χ0n) is 10.9. The average Bonchev–Trinajstić information content (AvgIpc) is 2.53. The lowest BCUT2D eigenvalue weighted by Crippen LogP contribution is -2.10. The highest BCUT2D eigenvalue weighted by atomic mass is 35.7. The van der Waals surface area contributed by atoms with Crippen molar-refractivity contribution in [2.75, 3.05) is 0 Å². The lowest BCUT2D eigenvalue weighted by Gasteiger charge is -2.15. The van der Waals surface area contributed by atoms with Gasteiger partial charge in [0.1, 0.15) is 10.0 Å². The lowest BCUT2D eigenvalue weighted by atomic mass is 10.1. The Kier molecular flexibility index (Phi) is 4.79. The molecule has 19 heavy (non-hydrogen) atoms. The Hall–Kier alpha value is -0.260. The number of aryl methyl sites for hydroxylation is 1. The Morgan fingerprint density at radius 3 is 2.26 bits per heavy atom. The minimum atomic E-state index is -3.85.